The molecule has 0 aliphatic heterocycles. The molecule has 1 aromatic heterocycles. The fraction of sp³-hybridized carbons (Fsp3) is 0.0667. The van der Waals surface area contributed by atoms with Gasteiger partial charge in [0.1, 0.15) is 12.4 Å². The summed E-state index contributed by atoms with van der Waals surface area (Å²) in [4.78, 5) is 34.0. The van der Waals surface area contributed by atoms with E-state index in [1.165, 1.54) is 30.3 Å². The van der Waals surface area contributed by atoms with Gasteiger partial charge in [-0.2, -0.15) is 0 Å². The zero-order valence-electron chi connectivity index (χ0n) is 12.1. The molecule has 8 nitrogen and oxygen atoms in total. The minimum absolute atomic E-state index is 0.00718. The summed E-state index contributed by atoms with van der Waals surface area (Å²) in [6.45, 7) is -0.375. The van der Waals surface area contributed by atoms with Gasteiger partial charge in [-0.15, -0.1) is 0 Å². The van der Waals surface area contributed by atoms with Gasteiger partial charge in [-0.25, -0.2) is 9.18 Å². The standard InChI is InChI=1S/C15H10FN3O5/c16-9-2-1-3-10(6-9)17-14(20)8-18-12-5-4-11(19(22)23)7-13(12)24-15(18)21/h1-7H,8H2,(H,17,20). The van der Waals surface area contributed by atoms with E-state index in [0.29, 0.717) is 0 Å². The molecular formula is C15H10FN3O5. The topological polar surface area (TPSA) is 107 Å². The molecule has 1 amide bonds. The van der Waals surface area contributed by atoms with Crippen LogP contribution in [-0.4, -0.2) is 15.4 Å². The molecule has 1 heterocycles. The zero-order chi connectivity index (χ0) is 17.3. The summed E-state index contributed by atoms with van der Waals surface area (Å²) in [6.07, 6.45) is 0. The van der Waals surface area contributed by atoms with E-state index in [2.05, 4.69) is 5.32 Å². The smallest absolute Gasteiger partial charge is 0.407 e. The first-order valence-corrected chi connectivity index (χ1v) is 6.77. The molecule has 2 aromatic carbocycles. The minimum atomic E-state index is -0.820. The highest BCUT2D eigenvalue weighted by atomic mass is 19.1. The maximum atomic E-state index is 13.1. The molecule has 0 saturated carbocycles. The summed E-state index contributed by atoms with van der Waals surface area (Å²) in [7, 11) is 0. The van der Waals surface area contributed by atoms with E-state index < -0.39 is 22.4 Å². The number of carbonyl (C=O) groups is 1. The molecule has 0 radical (unpaired) electrons. The molecule has 0 aliphatic carbocycles. The van der Waals surface area contributed by atoms with E-state index in [0.717, 1.165) is 16.7 Å². The summed E-state index contributed by atoms with van der Waals surface area (Å²) in [6, 6.07) is 8.95. The number of amides is 1. The summed E-state index contributed by atoms with van der Waals surface area (Å²) in [5.41, 5.74) is 0.275. The van der Waals surface area contributed by atoms with Crippen molar-refractivity contribution in [1.82, 2.24) is 4.57 Å². The number of carbonyl (C=O) groups excluding carboxylic acids is 1. The molecule has 0 aliphatic rings. The van der Waals surface area contributed by atoms with Crippen LogP contribution in [-0.2, 0) is 11.3 Å². The Morgan fingerprint density at radius 1 is 1.29 bits per heavy atom. The fourth-order valence-electron chi connectivity index (χ4n) is 2.23. The number of halogens is 1. The summed E-state index contributed by atoms with van der Waals surface area (Å²) >= 11 is 0. The Hall–Kier alpha value is -3.49. The van der Waals surface area contributed by atoms with Crippen LogP contribution in [0.4, 0.5) is 15.8 Å². The van der Waals surface area contributed by atoms with Crippen LogP contribution in [0.5, 0.6) is 0 Å². The Balaban J connectivity index is 1.87. The number of non-ortho nitro benzene ring substituents is 1. The number of hydrogen-bond acceptors (Lipinski definition) is 5. The van der Waals surface area contributed by atoms with Crippen molar-refractivity contribution in [3.8, 4) is 0 Å². The average Bonchev–Trinajstić information content (AvgIpc) is 2.82. The number of nitro benzene ring substituents is 1. The quantitative estimate of drug-likeness (QED) is 0.583. The van der Waals surface area contributed by atoms with Crippen LogP contribution < -0.4 is 11.1 Å². The van der Waals surface area contributed by atoms with E-state index >= 15 is 0 Å². The van der Waals surface area contributed by atoms with Crippen LogP contribution >= 0.6 is 0 Å². The Kier molecular flexibility index (Phi) is 3.82. The first-order valence-electron chi connectivity index (χ1n) is 6.77. The van der Waals surface area contributed by atoms with E-state index in [1.807, 2.05) is 0 Å². The predicted octanol–water partition coefficient (Wildman–Crippen LogP) is 2.28. The van der Waals surface area contributed by atoms with Crippen molar-refractivity contribution in [3.63, 3.8) is 0 Å². The van der Waals surface area contributed by atoms with E-state index in [9.17, 15) is 24.1 Å². The lowest BCUT2D eigenvalue weighted by molar-refractivity contribution is -0.384. The molecule has 1 N–H and O–H groups in total. The fourth-order valence-corrected chi connectivity index (χ4v) is 2.23. The molecule has 24 heavy (non-hydrogen) atoms. The number of aromatic nitrogens is 1. The van der Waals surface area contributed by atoms with Gasteiger partial charge in [0.05, 0.1) is 16.5 Å². The second-order valence-corrected chi connectivity index (χ2v) is 4.92. The SMILES string of the molecule is O=C(Cn1c(=O)oc2cc([N+](=O)[O-])ccc21)Nc1cccc(F)c1. The van der Waals surface area contributed by atoms with Crippen molar-refractivity contribution in [2.24, 2.45) is 0 Å². The Morgan fingerprint density at radius 3 is 2.79 bits per heavy atom. The number of anilines is 1. The highest BCUT2D eigenvalue weighted by molar-refractivity contribution is 5.91. The third-order valence-electron chi connectivity index (χ3n) is 3.27. The number of oxazole rings is 1. The zero-order valence-corrected chi connectivity index (χ0v) is 12.1. The van der Waals surface area contributed by atoms with Crippen LogP contribution in [0.2, 0.25) is 0 Å². The number of rotatable bonds is 4. The van der Waals surface area contributed by atoms with E-state index in [1.54, 1.807) is 0 Å². The first kappa shape index (κ1) is 15.4. The number of benzene rings is 2. The van der Waals surface area contributed by atoms with Crippen molar-refractivity contribution in [3.05, 3.63) is 68.9 Å². The molecule has 0 fully saturated rings. The Labute approximate surface area is 133 Å². The number of hydrogen-bond donors (Lipinski definition) is 1. The van der Waals surface area contributed by atoms with Gasteiger partial charge in [-0.05, 0) is 24.3 Å². The van der Waals surface area contributed by atoms with Crippen LogP contribution in [0, 0.1) is 15.9 Å². The van der Waals surface area contributed by atoms with Gasteiger partial charge in [-0.1, -0.05) is 6.07 Å². The Morgan fingerprint density at radius 2 is 2.08 bits per heavy atom. The molecule has 0 atom stereocenters. The summed E-state index contributed by atoms with van der Waals surface area (Å²) in [5.74, 6) is -1.89. The van der Waals surface area contributed by atoms with E-state index in [4.69, 9.17) is 4.42 Å². The summed E-state index contributed by atoms with van der Waals surface area (Å²) < 4.78 is 19.1. The highest BCUT2D eigenvalue weighted by Gasteiger charge is 2.16. The van der Waals surface area contributed by atoms with Crippen molar-refractivity contribution >= 4 is 28.4 Å². The molecule has 0 bridgehead atoms. The van der Waals surface area contributed by atoms with Crippen molar-refractivity contribution in [1.29, 1.82) is 0 Å². The molecule has 0 saturated heterocycles. The second-order valence-electron chi connectivity index (χ2n) is 4.92. The second kappa shape index (κ2) is 5.95. The monoisotopic (exact) mass is 331 g/mol. The number of nitrogens with zero attached hydrogens (tertiary/aromatic N) is 2. The predicted molar refractivity (Wildman–Crippen MR) is 82.2 cm³/mol. The average molecular weight is 331 g/mol. The first-order chi connectivity index (χ1) is 11.4. The van der Waals surface area contributed by atoms with Crippen molar-refractivity contribution in [2.45, 2.75) is 6.54 Å². The lowest BCUT2D eigenvalue weighted by Gasteiger charge is -2.05. The maximum absolute atomic E-state index is 13.1. The van der Waals surface area contributed by atoms with Gasteiger partial charge in [0.15, 0.2) is 5.58 Å². The number of nitrogens with one attached hydrogen (secondary N) is 1. The van der Waals surface area contributed by atoms with Gasteiger partial charge in [0.2, 0.25) is 5.91 Å². The van der Waals surface area contributed by atoms with Gasteiger partial charge in [0, 0.05) is 11.8 Å². The van der Waals surface area contributed by atoms with Crippen LogP contribution in [0.3, 0.4) is 0 Å². The van der Waals surface area contributed by atoms with Crippen LogP contribution in [0.1, 0.15) is 0 Å². The third-order valence-corrected chi connectivity index (χ3v) is 3.27. The molecule has 3 rings (SSSR count). The van der Waals surface area contributed by atoms with Crippen molar-refractivity contribution < 1.29 is 18.5 Å². The number of fused-ring (bicyclic) bond motifs is 1. The van der Waals surface area contributed by atoms with Gasteiger partial charge in [-0.3, -0.25) is 19.5 Å². The molecule has 122 valence electrons. The van der Waals surface area contributed by atoms with Gasteiger partial charge < -0.3 is 9.73 Å². The normalized spacial score (nSPS) is 10.7. The lowest BCUT2D eigenvalue weighted by atomic mass is 10.3. The van der Waals surface area contributed by atoms with Crippen molar-refractivity contribution in [2.75, 3.05) is 5.32 Å². The van der Waals surface area contributed by atoms with E-state index in [-0.39, 0.29) is 29.0 Å². The van der Waals surface area contributed by atoms with Gasteiger partial charge in [0.25, 0.3) is 5.69 Å². The molecule has 3 aromatic rings. The number of nitro groups is 1. The molecule has 0 spiro atoms. The highest BCUT2D eigenvalue weighted by Crippen LogP contribution is 2.20. The van der Waals surface area contributed by atoms with Gasteiger partial charge >= 0.3 is 5.76 Å². The van der Waals surface area contributed by atoms with Crippen LogP contribution in [0.25, 0.3) is 11.1 Å². The maximum Gasteiger partial charge on any atom is 0.420 e. The molecule has 0 unspecified atom stereocenters. The molecule has 9 heteroatoms. The Bertz CT molecular complexity index is 1010. The minimum Gasteiger partial charge on any atom is -0.407 e. The largest absolute Gasteiger partial charge is 0.420 e. The lowest BCUT2D eigenvalue weighted by Crippen LogP contribution is -2.24. The van der Waals surface area contributed by atoms with Crippen LogP contribution in [0.15, 0.2) is 51.7 Å². The third kappa shape index (κ3) is 3.00. The molecular weight excluding hydrogens is 321 g/mol. The summed E-state index contributed by atoms with van der Waals surface area (Å²) in [5, 5.41) is 13.2.